The van der Waals surface area contributed by atoms with Gasteiger partial charge >= 0.3 is 6.03 Å². The largest absolute Gasteiger partial charge is 0.338 e. The van der Waals surface area contributed by atoms with Crippen molar-refractivity contribution in [3.8, 4) is 0 Å². The van der Waals surface area contributed by atoms with Crippen molar-refractivity contribution >= 4 is 17.4 Å². The molecule has 2 N–H and O–H groups in total. The highest BCUT2D eigenvalue weighted by Crippen LogP contribution is 2.49. The van der Waals surface area contributed by atoms with Crippen molar-refractivity contribution in [1.29, 1.82) is 0 Å². The lowest BCUT2D eigenvalue weighted by atomic mass is 10.0. The summed E-state index contributed by atoms with van der Waals surface area (Å²) in [6, 6.07) is 0.0795. The van der Waals surface area contributed by atoms with Crippen LogP contribution in [0.1, 0.15) is 56.5 Å². The van der Waals surface area contributed by atoms with Crippen LogP contribution in [0, 0.1) is 11.3 Å². The number of nitrogens with zero attached hydrogens (tertiary/aromatic N) is 1. The van der Waals surface area contributed by atoms with E-state index in [9.17, 15) is 4.79 Å². The third kappa shape index (κ3) is 3.32. The Morgan fingerprint density at radius 3 is 2.90 bits per heavy atom. The third-order valence-corrected chi connectivity index (χ3v) is 5.32. The van der Waals surface area contributed by atoms with Gasteiger partial charge in [-0.1, -0.05) is 13.3 Å². The smallest absolute Gasteiger partial charge is 0.315 e. The van der Waals surface area contributed by atoms with Crippen LogP contribution < -0.4 is 10.6 Å². The second kappa shape index (κ2) is 5.72. The fraction of sp³-hybridized carbons (Fsp3) is 0.733. The minimum absolute atomic E-state index is 0.0283. The van der Waals surface area contributed by atoms with E-state index >= 15 is 0 Å². The first-order valence-electron chi connectivity index (χ1n) is 7.66. The van der Waals surface area contributed by atoms with Crippen molar-refractivity contribution in [2.45, 2.75) is 51.5 Å². The van der Waals surface area contributed by atoms with Crippen molar-refractivity contribution in [2.24, 2.45) is 11.3 Å². The molecule has 0 aliphatic heterocycles. The summed E-state index contributed by atoms with van der Waals surface area (Å²) in [4.78, 5) is 16.5. The van der Waals surface area contributed by atoms with Gasteiger partial charge in [-0.3, -0.25) is 0 Å². The molecule has 5 heteroatoms. The van der Waals surface area contributed by atoms with Crippen molar-refractivity contribution in [2.75, 3.05) is 6.54 Å². The molecule has 2 aliphatic rings. The predicted octanol–water partition coefficient (Wildman–Crippen LogP) is 3.47. The molecule has 1 aromatic heterocycles. The van der Waals surface area contributed by atoms with Crippen LogP contribution in [-0.2, 0) is 0 Å². The zero-order valence-corrected chi connectivity index (χ0v) is 12.8. The first-order chi connectivity index (χ1) is 9.72. The molecule has 0 saturated heterocycles. The van der Waals surface area contributed by atoms with E-state index in [1.807, 2.05) is 11.6 Å². The number of carbonyl (C=O) groups is 1. The van der Waals surface area contributed by atoms with Gasteiger partial charge in [0, 0.05) is 18.1 Å². The number of hydrogen-bond donors (Lipinski definition) is 2. The lowest BCUT2D eigenvalue weighted by Crippen LogP contribution is -2.41. The molecule has 2 fully saturated rings. The molecule has 0 radical (unpaired) electrons. The van der Waals surface area contributed by atoms with Gasteiger partial charge in [-0.15, -0.1) is 11.3 Å². The van der Waals surface area contributed by atoms with E-state index in [0.717, 1.165) is 11.6 Å². The van der Waals surface area contributed by atoms with Gasteiger partial charge in [-0.2, -0.15) is 0 Å². The fourth-order valence-electron chi connectivity index (χ4n) is 2.88. The van der Waals surface area contributed by atoms with Gasteiger partial charge in [0.05, 0.1) is 6.04 Å². The summed E-state index contributed by atoms with van der Waals surface area (Å²) in [5.41, 5.74) is 0.405. The van der Waals surface area contributed by atoms with Gasteiger partial charge in [-0.05, 0) is 43.4 Å². The van der Waals surface area contributed by atoms with Crippen LogP contribution in [0.4, 0.5) is 4.79 Å². The van der Waals surface area contributed by atoms with Gasteiger partial charge in [0.2, 0.25) is 0 Å². The molecular weight excluding hydrogens is 270 g/mol. The number of carbonyl (C=O) groups excluding carboxylic acids is 1. The SMILES string of the molecule is CCCC1(CNC(=O)NC(c2nccs2)C2CC2)CC1. The monoisotopic (exact) mass is 293 g/mol. The second-order valence-electron chi connectivity index (χ2n) is 6.26. The minimum Gasteiger partial charge on any atom is -0.338 e. The highest BCUT2D eigenvalue weighted by atomic mass is 32.1. The van der Waals surface area contributed by atoms with E-state index in [0.29, 0.717) is 11.3 Å². The Bertz CT molecular complexity index is 452. The molecule has 1 unspecified atom stereocenters. The molecule has 20 heavy (non-hydrogen) atoms. The Balaban J connectivity index is 1.50. The molecule has 2 aliphatic carbocycles. The van der Waals surface area contributed by atoms with Crippen molar-refractivity contribution in [1.82, 2.24) is 15.6 Å². The van der Waals surface area contributed by atoms with Crippen molar-refractivity contribution in [3.63, 3.8) is 0 Å². The highest BCUT2D eigenvalue weighted by Gasteiger charge is 2.42. The summed E-state index contributed by atoms with van der Waals surface area (Å²) in [7, 11) is 0. The molecule has 3 rings (SSSR count). The van der Waals surface area contributed by atoms with Crippen LogP contribution in [0.15, 0.2) is 11.6 Å². The third-order valence-electron chi connectivity index (χ3n) is 4.46. The highest BCUT2D eigenvalue weighted by molar-refractivity contribution is 7.09. The molecule has 2 amide bonds. The molecule has 0 aromatic carbocycles. The van der Waals surface area contributed by atoms with Crippen LogP contribution in [0.25, 0.3) is 0 Å². The number of rotatable bonds is 7. The summed E-state index contributed by atoms with van der Waals surface area (Å²) >= 11 is 1.63. The van der Waals surface area contributed by atoms with Crippen LogP contribution >= 0.6 is 11.3 Å². The maximum atomic E-state index is 12.1. The van der Waals surface area contributed by atoms with Crippen LogP contribution in [0.2, 0.25) is 0 Å². The lowest BCUT2D eigenvalue weighted by Gasteiger charge is -2.19. The molecule has 110 valence electrons. The average molecular weight is 293 g/mol. The normalized spacial score (nSPS) is 21.2. The Morgan fingerprint density at radius 2 is 2.35 bits per heavy atom. The average Bonchev–Trinajstić information content (AvgIpc) is 3.35. The summed E-state index contributed by atoms with van der Waals surface area (Å²) in [5, 5.41) is 9.21. The molecule has 1 aromatic rings. The first-order valence-corrected chi connectivity index (χ1v) is 8.54. The molecule has 1 heterocycles. The zero-order valence-electron chi connectivity index (χ0n) is 12.0. The van der Waals surface area contributed by atoms with E-state index in [2.05, 4.69) is 22.5 Å². The lowest BCUT2D eigenvalue weighted by molar-refractivity contribution is 0.232. The van der Waals surface area contributed by atoms with Gasteiger partial charge in [-0.25, -0.2) is 9.78 Å². The summed E-state index contributed by atoms with van der Waals surface area (Å²) in [6.07, 6.45) is 9.17. The van der Waals surface area contributed by atoms with E-state index in [4.69, 9.17) is 0 Å². The number of hydrogen-bond acceptors (Lipinski definition) is 3. The number of nitrogens with one attached hydrogen (secondary N) is 2. The Morgan fingerprint density at radius 1 is 1.55 bits per heavy atom. The first kappa shape index (κ1) is 13.9. The predicted molar refractivity (Wildman–Crippen MR) is 80.7 cm³/mol. The molecule has 0 bridgehead atoms. The molecular formula is C15H23N3OS. The van der Waals surface area contributed by atoms with Gasteiger partial charge in [0.25, 0.3) is 0 Å². The van der Waals surface area contributed by atoms with E-state index in [1.165, 1.54) is 38.5 Å². The van der Waals surface area contributed by atoms with Crippen LogP contribution in [0.3, 0.4) is 0 Å². The van der Waals surface area contributed by atoms with Crippen LogP contribution in [-0.4, -0.2) is 17.6 Å². The van der Waals surface area contributed by atoms with Gasteiger partial charge in [0.15, 0.2) is 0 Å². The topological polar surface area (TPSA) is 54.0 Å². The fourth-order valence-corrected chi connectivity index (χ4v) is 3.66. The standard InChI is InChI=1S/C15H23N3OS/c1-2-5-15(6-7-15)10-17-14(19)18-12(11-3-4-11)13-16-8-9-20-13/h8-9,11-12H,2-7,10H2,1H3,(H2,17,18,19). The van der Waals surface area contributed by atoms with E-state index in [-0.39, 0.29) is 12.1 Å². The molecule has 0 spiro atoms. The summed E-state index contributed by atoms with van der Waals surface area (Å²) in [6.45, 7) is 3.04. The molecule has 4 nitrogen and oxygen atoms in total. The number of aromatic nitrogens is 1. The number of thiazole rings is 1. The minimum atomic E-state index is -0.0283. The van der Waals surface area contributed by atoms with Crippen molar-refractivity contribution < 1.29 is 4.79 Å². The van der Waals surface area contributed by atoms with E-state index < -0.39 is 0 Å². The van der Waals surface area contributed by atoms with Crippen LogP contribution in [0.5, 0.6) is 0 Å². The molecule has 2 saturated carbocycles. The quantitative estimate of drug-likeness (QED) is 0.808. The summed E-state index contributed by atoms with van der Waals surface area (Å²) in [5.74, 6) is 0.581. The van der Waals surface area contributed by atoms with Gasteiger partial charge < -0.3 is 10.6 Å². The summed E-state index contributed by atoms with van der Waals surface area (Å²) < 4.78 is 0. The second-order valence-corrected chi connectivity index (χ2v) is 7.19. The van der Waals surface area contributed by atoms with Crippen molar-refractivity contribution in [3.05, 3.63) is 16.6 Å². The zero-order chi connectivity index (χ0) is 14.0. The maximum absolute atomic E-state index is 12.1. The number of urea groups is 1. The maximum Gasteiger partial charge on any atom is 0.315 e. The Kier molecular flexibility index (Phi) is 3.96. The Labute approximate surface area is 124 Å². The Hall–Kier alpha value is -1.10. The van der Waals surface area contributed by atoms with Gasteiger partial charge in [0.1, 0.15) is 5.01 Å². The number of amides is 2. The van der Waals surface area contributed by atoms with E-state index in [1.54, 1.807) is 11.3 Å². The molecule has 1 atom stereocenters.